The van der Waals surface area contributed by atoms with Crippen molar-refractivity contribution in [3.05, 3.63) is 0 Å². The molecule has 0 aliphatic heterocycles. The number of rotatable bonds is 6. The summed E-state index contributed by atoms with van der Waals surface area (Å²) < 4.78 is 16.3. The lowest BCUT2D eigenvalue weighted by Crippen LogP contribution is -2.53. The quantitative estimate of drug-likeness (QED) is 0.689. The van der Waals surface area contributed by atoms with Crippen molar-refractivity contribution >= 4 is 8.80 Å². The van der Waals surface area contributed by atoms with Gasteiger partial charge in [0.1, 0.15) is 0 Å². The Kier molecular flexibility index (Phi) is 5.25. The summed E-state index contributed by atoms with van der Waals surface area (Å²) in [5.74, 6) is 0. The molecule has 0 aromatic rings. The lowest BCUT2D eigenvalue weighted by atomic mass is 10.0. The Morgan fingerprint density at radius 2 is 1.50 bits per heavy atom. The van der Waals surface area contributed by atoms with E-state index in [0.717, 1.165) is 6.42 Å². The van der Waals surface area contributed by atoms with Crippen LogP contribution in [0, 0.1) is 0 Å². The second-order valence-corrected chi connectivity index (χ2v) is 7.92. The molecule has 2 N–H and O–H groups in total. The zero-order chi connectivity index (χ0) is 11.4. The predicted octanol–water partition coefficient (Wildman–Crippen LogP) is 1.38. The molecule has 0 amide bonds. The van der Waals surface area contributed by atoms with Gasteiger partial charge in [-0.2, -0.15) is 0 Å². The molecular weight excluding hydrogens is 198 g/mol. The topological polar surface area (TPSA) is 53.7 Å². The summed E-state index contributed by atoms with van der Waals surface area (Å²) in [5, 5.41) is -0.167. The summed E-state index contributed by atoms with van der Waals surface area (Å²) in [6.07, 6.45) is 0.814. The summed E-state index contributed by atoms with van der Waals surface area (Å²) in [4.78, 5) is 0. The van der Waals surface area contributed by atoms with Gasteiger partial charge < -0.3 is 19.0 Å². The van der Waals surface area contributed by atoms with Crippen molar-refractivity contribution in [2.24, 2.45) is 5.73 Å². The standard InChI is InChI=1S/C9H23NO3Si/c1-8(10)7-9(2,3)14(11-4,12-5)13-6/h8H,7,10H2,1-6H3. The monoisotopic (exact) mass is 221 g/mol. The first kappa shape index (κ1) is 14.1. The van der Waals surface area contributed by atoms with Gasteiger partial charge in [0, 0.05) is 32.4 Å². The van der Waals surface area contributed by atoms with Crippen LogP contribution in [0.1, 0.15) is 27.2 Å². The Bertz CT molecular complexity index is 161. The first-order chi connectivity index (χ1) is 6.35. The Hall–Kier alpha value is 0.0569. The molecule has 0 heterocycles. The summed E-state index contributed by atoms with van der Waals surface area (Å²) >= 11 is 0. The Morgan fingerprint density at radius 1 is 1.14 bits per heavy atom. The Balaban J connectivity index is 4.78. The van der Waals surface area contributed by atoms with Crippen LogP contribution >= 0.6 is 0 Å². The molecule has 1 unspecified atom stereocenters. The third kappa shape index (κ3) is 2.77. The first-order valence-electron chi connectivity index (χ1n) is 4.76. The van der Waals surface area contributed by atoms with E-state index < -0.39 is 8.80 Å². The molecule has 0 aliphatic rings. The van der Waals surface area contributed by atoms with Gasteiger partial charge in [-0.05, 0) is 13.3 Å². The molecule has 0 saturated heterocycles. The van der Waals surface area contributed by atoms with Gasteiger partial charge in [-0.25, -0.2) is 0 Å². The summed E-state index contributed by atoms with van der Waals surface area (Å²) in [5.41, 5.74) is 5.79. The number of hydrogen-bond donors (Lipinski definition) is 1. The molecule has 0 bridgehead atoms. The van der Waals surface area contributed by atoms with Crippen molar-refractivity contribution < 1.29 is 13.3 Å². The van der Waals surface area contributed by atoms with Crippen molar-refractivity contribution in [2.45, 2.75) is 38.3 Å². The fourth-order valence-corrected chi connectivity index (χ4v) is 4.74. The molecule has 1 atom stereocenters. The van der Waals surface area contributed by atoms with E-state index in [1.165, 1.54) is 0 Å². The van der Waals surface area contributed by atoms with E-state index >= 15 is 0 Å². The molecule has 0 spiro atoms. The van der Waals surface area contributed by atoms with Gasteiger partial charge in [0.15, 0.2) is 0 Å². The lowest BCUT2D eigenvalue weighted by molar-refractivity contribution is 0.0919. The average molecular weight is 221 g/mol. The predicted molar refractivity (Wildman–Crippen MR) is 59.1 cm³/mol. The third-order valence-corrected chi connectivity index (χ3v) is 5.94. The van der Waals surface area contributed by atoms with Gasteiger partial charge in [-0.15, -0.1) is 0 Å². The van der Waals surface area contributed by atoms with Gasteiger partial charge in [0.25, 0.3) is 0 Å². The SMILES string of the molecule is CO[Si](OC)(OC)C(C)(C)CC(C)N. The largest absolute Gasteiger partial charge is 0.506 e. The highest BCUT2D eigenvalue weighted by Gasteiger charge is 2.53. The normalized spacial score (nSPS) is 15.6. The molecule has 0 rings (SSSR count). The number of hydrogen-bond acceptors (Lipinski definition) is 4. The molecule has 86 valence electrons. The van der Waals surface area contributed by atoms with Gasteiger partial charge >= 0.3 is 8.80 Å². The third-order valence-electron chi connectivity index (χ3n) is 2.47. The van der Waals surface area contributed by atoms with Crippen LogP contribution in [0.3, 0.4) is 0 Å². The highest BCUT2D eigenvalue weighted by atomic mass is 28.4. The van der Waals surface area contributed by atoms with E-state index in [4.69, 9.17) is 19.0 Å². The van der Waals surface area contributed by atoms with Crippen molar-refractivity contribution in [2.75, 3.05) is 21.3 Å². The first-order valence-corrected chi connectivity index (χ1v) is 6.48. The van der Waals surface area contributed by atoms with Crippen LogP contribution in [0.4, 0.5) is 0 Å². The minimum absolute atomic E-state index is 0.109. The van der Waals surface area contributed by atoms with Crippen molar-refractivity contribution in [3.8, 4) is 0 Å². The van der Waals surface area contributed by atoms with E-state index in [1.54, 1.807) is 21.3 Å². The van der Waals surface area contributed by atoms with Crippen LogP contribution in [0.5, 0.6) is 0 Å². The minimum Gasteiger partial charge on any atom is -0.377 e. The maximum absolute atomic E-state index is 5.79. The van der Waals surface area contributed by atoms with Crippen LogP contribution in [-0.4, -0.2) is 36.2 Å². The second kappa shape index (κ2) is 5.23. The summed E-state index contributed by atoms with van der Waals surface area (Å²) in [7, 11) is 2.29. The van der Waals surface area contributed by atoms with Crippen LogP contribution in [0.25, 0.3) is 0 Å². The molecule has 0 radical (unpaired) electrons. The van der Waals surface area contributed by atoms with E-state index in [0.29, 0.717) is 0 Å². The molecule has 0 aliphatic carbocycles. The van der Waals surface area contributed by atoms with Gasteiger partial charge in [-0.3, -0.25) is 0 Å². The van der Waals surface area contributed by atoms with E-state index in [2.05, 4.69) is 13.8 Å². The van der Waals surface area contributed by atoms with Gasteiger partial charge in [0.05, 0.1) is 0 Å². The van der Waals surface area contributed by atoms with Gasteiger partial charge in [0.2, 0.25) is 0 Å². The Labute approximate surface area is 88.1 Å². The fraction of sp³-hybridized carbons (Fsp3) is 1.00. The number of nitrogens with two attached hydrogens (primary N) is 1. The maximum Gasteiger partial charge on any atom is 0.506 e. The van der Waals surface area contributed by atoms with Crippen LogP contribution < -0.4 is 5.73 Å². The zero-order valence-electron chi connectivity index (χ0n) is 10.1. The van der Waals surface area contributed by atoms with Crippen LogP contribution in [-0.2, 0) is 13.3 Å². The minimum atomic E-state index is -2.59. The van der Waals surface area contributed by atoms with Crippen molar-refractivity contribution in [1.29, 1.82) is 0 Å². The smallest absolute Gasteiger partial charge is 0.377 e. The lowest BCUT2D eigenvalue weighted by Gasteiger charge is -2.39. The maximum atomic E-state index is 5.79. The van der Waals surface area contributed by atoms with Crippen LogP contribution in [0.15, 0.2) is 0 Å². The van der Waals surface area contributed by atoms with Crippen molar-refractivity contribution in [3.63, 3.8) is 0 Å². The molecule has 0 aromatic heterocycles. The van der Waals surface area contributed by atoms with E-state index in [1.807, 2.05) is 6.92 Å². The highest BCUT2D eigenvalue weighted by molar-refractivity contribution is 6.64. The summed E-state index contributed by atoms with van der Waals surface area (Å²) in [6.45, 7) is 6.11. The van der Waals surface area contributed by atoms with E-state index in [-0.39, 0.29) is 11.1 Å². The molecule has 0 fully saturated rings. The molecular formula is C9H23NO3Si. The molecule has 0 saturated carbocycles. The zero-order valence-corrected chi connectivity index (χ0v) is 11.1. The van der Waals surface area contributed by atoms with Gasteiger partial charge in [-0.1, -0.05) is 13.8 Å². The molecule has 5 heteroatoms. The highest BCUT2D eigenvalue weighted by Crippen LogP contribution is 2.42. The molecule has 14 heavy (non-hydrogen) atoms. The molecule has 4 nitrogen and oxygen atoms in total. The second-order valence-electron chi connectivity index (χ2n) is 4.23. The summed E-state index contributed by atoms with van der Waals surface area (Å²) in [6, 6.07) is 0.109. The van der Waals surface area contributed by atoms with Crippen LogP contribution in [0.2, 0.25) is 5.04 Å². The Morgan fingerprint density at radius 3 is 1.71 bits per heavy atom. The van der Waals surface area contributed by atoms with Crippen molar-refractivity contribution in [1.82, 2.24) is 0 Å². The fourth-order valence-electron chi connectivity index (χ4n) is 2.01. The average Bonchev–Trinajstić information content (AvgIpc) is 2.05. The van der Waals surface area contributed by atoms with E-state index in [9.17, 15) is 0 Å². The molecule has 0 aromatic carbocycles.